The summed E-state index contributed by atoms with van der Waals surface area (Å²) in [7, 11) is 0. The van der Waals surface area contributed by atoms with Crippen LogP contribution in [-0.2, 0) is 16.1 Å². The molecule has 0 spiro atoms. The fraction of sp³-hybridized carbons (Fsp3) is 0.172. The summed E-state index contributed by atoms with van der Waals surface area (Å²) < 4.78 is 25.7. The van der Waals surface area contributed by atoms with E-state index in [9.17, 15) is 14.0 Å². The third-order valence-corrected chi connectivity index (χ3v) is 6.83. The summed E-state index contributed by atoms with van der Waals surface area (Å²) in [5, 5.41) is 3.30. The zero-order valence-electron chi connectivity index (χ0n) is 19.7. The molecule has 182 valence electrons. The van der Waals surface area contributed by atoms with Crippen LogP contribution in [0.3, 0.4) is 0 Å². The summed E-state index contributed by atoms with van der Waals surface area (Å²) in [5.74, 6) is -1.15. The van der Waals surface area contributed by atoms with Gasteiger partial charge in [0.05, 0.1) is 23.8 Å². The van der Waals surface area contributed by atoms with E-state index in [1.54, 1.807) is 31.2 Å². The summed E-state index contributed by atoms with van der Waals surface area (Å²) in [5.41, 5.74) is 4.98. The summed E-state index contributed by atoms with van der Waals surface area (Å²) in [4.78, 5) is 26.9. The molecule has 0 aromatic heterocycles. The van der Waals surface area contributed by atoms with Crippen molar-refractivity contribution in [2.24, 2.45) is 0 Å². The second kappa shape index (κ2) is 9.74. The van der Waals surface area contributed by atoms with Gasteiger partial charge < -0.3 is 14.8 Å². The number of nitrogens with one attached hydrogen (secondary N) is 1. The maximum Gasteiger partial charge on any atom is 0.336 e. The SMILES string of the molecule is CCOC(=O)C1=C(C)NC2=C(C(=O)c3ccccc32)[C@H]1c1cc(Br)ccc1OCc1ccc(F)cc1. The van der Waals surface area contributed by atoms with Crippen molar-refractivity contribution < 1.29 is 23.5 Å². The van der Waals surface area contributed by atoms with Gasteiger partial charge in [0, 0.05) is 32.4 Å². The van der Waals surface area contributed by atoms with Crippen LogP contribution < -0.4 is 10.1 Å². The molecule has 1 N–H and O–H groups in total. The molecule has 0 bridgehead atoms. The van der Waals surface area contributed by atoms with Gasteiger partial charge in [-0.3, -0.25) is 4.79 Å². The molecule has 0 amide bonds. The van der Waals surface area contributed by atoms with E-state index in [1.165, 1.54) is 12.1 Å². The maximum atomic E-state index is 13.7. The number of ether oxygens (including phenoxy) is 2. The van der Waals surface area contributed by atoms with Gasteiger partial charge in [-0.15, -0.1) is 0 Å². The first-order valence-corrected chi connectivity index (χ1v) is 12.4. The Morgan fingerprint density at radius 3 is 2.50 bits per heavy atom. The van der Waals surface area contributed by atoms with E-state index in [4.69, 9.17) is 9.47 Å². The van der Waals surface area contributed by atoms with Crippen LogP contribution in [0.25, 0.3) is 5.70 Å². The number of esters is 1. The number of carbonyl (C=O) groups is 2. The Balaban J connectivity index is 1.64. The van der Waals surface area contributed by atoms with Gasteiger partial charge in [-0.1, -0.05) is 52.3 Å². The van der Waals surface area contributed by atoms with Gasteiger partial charge >= 0.3 is 5.97 Å². The van der Waals surface area contributed by atoms with Crippen molar-refractivity contribution in [2.75, 3.05) is 6.61 Å². The zero-order valence-corrected chi connectivity index (χ0v) is 21.3. The predicted octanol–water partition coefficient (Wildman–Crippen LogP) is 6.30. The molecule has 1 atom stereocenters. The molecular formula is C29H23BrFNO4. The number of benzene rings is 3. The van der Waals surface area contributed by atoms with Crippen LogP contribution >= 0.6 is 15.9 Å². The highest BCUT2D eigenvalue weighted by atomic mass is 79.9. The number of hydrogen-bond acceptors (Lipinski definition) is 5. The third-order valence-electron chi connectivity index (χ3n) is 6.33. The smallest absolute Gasteiger partial charge is 0.336 e. The maximum absolute atomic E-state index is 13.7. The number of fused-ring (bicyclic) bond motifs is 2. The van der Waals surface area contributed by atoms with E-state index in [0.29, 0.717) is 39.4 Å². The van der Waals surface area contributed by atoms with Crippen LogP contribution in [0, 0.1) is 5.82 Å². The van der Waals surface area contributed by atoms with E-state index >= 15 is 0 Å². The first-order valence-electron chi connectivity index (χ1n) is 11.6. The van der Waals surface area contributed by atoms with E-state index < -0.39 is 11.9 Å². The first kappa shape index (κ1) is 24.0. The van der Waals surface area contributed by atoms with Crippen LogP contribution in [0.1, 0.15) is 46.8 Å². The Bertz CT molecular complexity index is 1440. The lowest BCUT2D eigenvalue weighted by Crippen LogP contribution is -2.29. The number of ketones is 1. The van der Waals surface area contributed by atoms with Gasteiger partial charge in [-0.2, -0.15) is 0 Å². The predicted molar refractivity (Wildman–Crippen MR) is 138 cm³/mol. The van der Waals surface area contributed by atoms with E-state index in [1.807, 2.05) is 37.3 Å². The normalized spacial score (nSPS) is 16.4. The minimum absolute atomic E-state index is 0.142. The van der Waals surface area contributed by atoms with Crippen LogP contribution in [0.4, 0.5) is 4.39 Å². The van der Waals surface area contributed by atoms with Crippen molar-refractivity contribution in [3.8, 4) is 5.75 Å². The Kier molecular flexibility index (Phi) is 6.49. The van der Waals surface area contributed by atoms with Gasteiger partial charge in [0.15, 0.2) is 5.78 Å². The topological polar surface area (TPSA) is 64.6 Å². The lowest BCUT2D eigenvalue weighted by atomic mass is 9.79. The second-order valence-corrected chi connectivity index (χ2v) is 9.49. The zero-order chi connectivity index (χ0) is 25.4. The van der Waals surface area contributed by atoms with Gasteiger partial charge in [-0.25, -0.2) is 9.18 Å². The molecule has 1 aliphatic carbocycles. The first-order chi connectivity index (χ1) is 17.4. The molecule has 1 aliphatic heterocycles. The molecule has 0 unspecified atom stereocenters. The molecule has 5 nitrogen and oxygen atoms in total. The molecule has 0 saturated carbocycles. The molecule has 7 heteroatoms. The van der Waals surface area contributed by atoms with Crippen molar-refractivity contribution in [1.82, 2.24) is 5.32 Å². The van der Waals surface area contributed by atoms with Crippen molar-refractivity contribution in [3.05, 3.63) is 116 Å². The van der Waals surface area contributed by atoms with Crippen molar-refractivity contribution >= 4 is 33.4 Å². The average Bonchev–Trinajstić information content (AvgIpc) is 3.15. The number of carbonyl (C=O) groups excluding carboxylic acids is 2. The van der Waals surface area contributed by atoms with Gasteiger partial charge in [0.25, 0.3) is 0 Å². The Morgan fingerprint density at radius 2 is 1.78 bits per heavy atom. The van der Waals surface area contributed by atoms with Crippen molar-refractivity contribution in [1.29, 1.82) is 0 Å². The van der Waals surface area contributed by atoms with Crippen molar-refractivity contribution in [2.45, 2.75) is 26.4 Å². The van der Waals surface area contributed by atoms with Crippen LogP contribution in [0.15, 0.2) is 88.0 Å². The molecule has 3 aromatic rings. The molecule has 0 radical (unpaired) electrons. The highest BCUT2D eigenvalue weighted by Gasteiger charge is 2.44. The van der Waals surface area contributed by atoms with Crippen LogP contribution in [0.5, 0.6) is 5.75 Å². The molecule has 3 aromatic carbocycles. The minimum Gasteiger partial charge on any atom is -0.489 e. The minimum atomic E-state index is -0.707. The van der Waals surface area contributed by atoms with Crippen molar-refractivity contribution in [3.63, 3.8) is 0 Å². The Labute approximate surface area is 216 Å². The highest BCUT2D eigenvalue weighted by Crippen LogP contribution is 2.49. The second-order valence-electron chi connectivity index (χ2n) is 8.58. The number of Topliss-reactive ketones (excluding diaryl/α,β-unsaturated/α-hetero) is 1. The largest absolute Gasteiger partial charge is 0.489 e. The quantitative estimate of drug-likeness (QED) is 0.367. The van der Waals surface area contributed by atoms with Gasteiger partial charge in [-0.05, 0) is 49.7 Å². The summed E-state index contributed by atoms with van der Waals surface area (Å²) in [6, 6.07) is 19.0. The third kappa shape index (κ3) is 4.24. The molecule has 36 heavy (non-hydrogen) atoms. The lowest BCUT2D eigenvalue weighted by molar-refractivity contribution is -0.138. The fourth-order valence-corrected chi connectivity index (χ4v) is 5.12. The molecule has 1 heterocycles. The fourth-order valence-electron chi connectivity index (χ4n) is 4.74. The molecular weight excluding hydrogens is 525 g/mol. The standard InChI is InChI=1S/C29H23BrFNO4/c1-3-35-29(34)24-16(2)32-27-20-6-4-5-7-21(20)28(33)26(27)25(24)22-14-18(30)10-13-23(22)36-15-17-8-11-19(31)12-9-17/h4-14,25,32H,3,15H2,1-2H3/t25-/m0/s1. The lowest BCUT2D eigenvalue weighted by Gasteiger charge is -2.30. The Hall–Kier alpha value is -3.71. The number of hydrogen-bond donors (Lipinski definition) is 1. The summed E-state index contributed by atoms with van der Waals surface area (Å²) >= 11 is 3.54. The summed E-state index contributed by atoms with van der Waals surface area (Å²) in [6.45, 7) is 3.95. The van der Waals surface area contributed by atoms with E-state index in [0.717, 1.165) is 15.6 Å². The van der Waals surface area contributed by atoms with Crippen LogP contribution in [-0.4, -0.2) is 18.4 Å². The molecule has 2 aliphatic rings. The van der Waals surface area contributed by atoms with E-state index in [-0.39, 0.29) is 24.8 Å². The monoisotopic (exact) mass is 547 g/mol. The molecule has 0 saturated heterocycles. The number of rotatable bonds is 6. The van der Waals surface area contributed by atoms with Gasteiger partial charge in [0.1, 0.15) is 18.2 Å². The van der Waals surface area contributed by atoms with Gasteiger partial charge in [0.2, 0.25) is 0 Å². The summed E-state index contributed by atoms with van der Waals surface area (Å²) in [6.07, 6.45) is 0. The Morgan fingerprint density at radius 1 is 1.06 bits per heavy atom. The number of halogens is 2. The number of allylic oxidation sites excluding steroid dienone is 2. The molecule has 0 fully saturated rings. The molecule has 5 rings (SSSR count). The average molecular weight is 548 g/mol. The highest BCUT2D eigenvalue weighted by molar-refractivity contribution is 9.10. The van der Waals surface area contributed by atoms with Crippen LogP contribution in [0.2, 0.25) is 0 Å². The number of dihydropyridines is 1. The van der Waals surface area contributed by atoms with E-state index in [2.05, 4.69) is 21.2 Å².